The van der Waals surface area contributed by atoms with Crippen LogP contribution in [-0.4, -0.2) is 12.6 Å². The quantitative estimate of drug-likeness (QED) is 0.199. The molecule has 7 heteroatoms. The van der Waals surface area contributed by atoms with Gasteiger partial charge in [0.2, 0.25) is 5.88 Å². The maximum atomic E-state index is 12.3. The monoisotopic (exact) mass is 484 g/mol. The van der Waals surface area contributed by atoms with E-state index in [9.17, 15) is 10.1 Å². The van der Waals surface area contributed by atoms with Crippen molar-refractivity contribution in [3.63, 3.8) is 0 Å². The third-order valence-electron chi connectivity index (χ3n) is 5.25. The molecule has 1 atom stereocenters. The number of benzene rings is 3. The highest BCUT2D eigenvalue weighted by Gasteiger charge is 2.31. The molecule has 0 spiro atoms. The summed E-state index contributed by atoms with van der Waals surface area (Å²) in [6.45, 7) is 4.02. The smallest absolute Gasteiger partial charge is 0.336 e. The minimum Gasteiger partial charge on any atom is -0.490 e. The zero-order chi connectivity index (χ0) is 24.8. The van der Waals surface area contributed by atoms with Gasteiger partial charge in [0, 0.05) is 22.7 Å². The van der Waals surface area contributed by atoms with Crippen LogP contribution in [0.1, 0.15) is 22.6 Å². The van der Waals surface area contributed by atoms with Gasteiger partial charge in [-0.2, -0.15) is 5.26 Å². The summed E-state index contributed by atoms with van der Waals surface area (Å²) < 4.78 is 16.8. The molecule has 0 amide bonds. The normalized spacial score (nSPS) is 14.6. The zero-order valence-corrected chi connectivity index (χ0v) is 19.4. The zero-order valence-electron chi connectivity index (χ0n) is 18.6. The number of halogens is 1. The molecule has 1 unspecified atom stereocenters. The molecule has 0 radical (unpaired) electrons. The summed E-state index contributed by atoms with van der Waals surface area (Å²) in [6, 6.07) is 21.6. The molecule has 35 heavy (non-hydrogen) atoms. The number of hydrogen-bond donors (Lipinski definition) is 1. The molecular weight excluding hydrogens is 464 g/mol. The molecule has 0 saturated carbocycles. The summed E-state index contributed by atoms with van der Waals surface area (Å²) in [4.78, 5) is 12.3. The number of fused-ring (bicyclic) bond motifs is 1. The standard InChI is InChI=1S/C28H21ClN2O4/c1-2-14-33-21-5-3-4-19(15-21)27-23-12-11-22(16-25(23)35-28(31)24(27)17-30)34-26(32)13-8-18-6-9-20(29)10-7-18/h2-13,15-16,27H,1,14,31H2/b13-8+. The van der Waals surface area contributed by atoms with Crippen LogP contribution in [0.25, 0.3) is 6.08 Å². The number of rotatable bonds is 7. The molecule has 1 aliphatic heterocycles. The van der Waals surface area contributed by atoms with Gasteiger partial charge in [-0.05, 0) is 47.5 Å². The predicted molar refractivity (Wildman–Crippen MR) is 134 cm³/mol. The van der Waals surface area contributed by atoms with E-state index in [1.54, 1.807) is 54.6 Å². The molecule has 3 aromatic rings. The first-order valence-corrected chi connectivity index (χ1v) is 11.1. The van der Waals surface area contributed by atoms with Crippen molar-refractivity contribution in [2.24, 2.45) is 5.73 Å². The molecule has 1 heterocycles. The average Bonchev–Trinajstić information content (AvgIpc) is 2.86. The first-order chi connectivity index (χ1) is 17.0. The second-order valence-corrected chi connectivity index (χ2v) is 8.04. The van der Waals surface area contributed by atoms with Crippen LogP contribution >= 0.6 is 11.6 Å². The molecule has 1 aliphatic rings. The highest BCUT2D eigenvalue weighted by atomic mass is 35.5. The van der Waals surface area contributed by atoms with E-state index < -0.39 is 11.9 Å². The van der Waals surface area contributed by atoms with E-state index in [1.807, 2.05) is 24.3 Å². The summed E-state index contributed by atoms with van der Waals surface area (Å²) in [6.07, 6.45) is 4.61. The van der Waals surface area contributed by atoms with Gasteiger partial charge < -0.3 is 19.9 Å². The Morgan fingerprint density at radius 3 is 2.69 bits per heavy atom. The Morgan fingerprint density at radius 1 is 1.14 bits per heavy atom. The number of allylic oxidation sites excluding steroid dienone is 1. The number of nitrogens with zero attached hydrogens (tertiary/aromatic N) is 1. The van der Waals surface area contributed by atoms with Crippen molar-refractivity contribution in [3.05, 3.63) is 119 Å². The molecule has 0 fully saturated rings. The fourth-order valence-electron chi connectivity index (χ4n) is 3.67. The minimum atomic E-state index is -0.555. The van der Waals surface area contributed by atoms with Crippen LogP contribution in [0.2, 0.25) is 5.02 Å². The fraction of sp³-hybridized carbons (Fsp3) is 0.0714. The van der Waals surface area contributed by atoms with Gasteiger partial charge in [-0.15, -0.1) is 0 Å². The van der Waals surface area contributed by atoms with Crippen molar-refractivity contribution < 1.29 is 19.0 Å². The molecule has 174 valence electrons. The van der Waals surface area contributed by atoms with Gasteiger partial charge in [-0.3, -0.25) is 0 Å². The maximum Gasteiger partial charge on any atom is 0.336 e. The second kappa shape index (κ2) is 10.6. The molecule has 2 N–H and O–H groups in total. The van der Waals surface area contributed by atoms with Crippen LogP contribution in [0.4, 0.5) is 0 Å². The number of nitriles is 1. The van der Waals surface area contributed by atoms with Crippen LogP contribution in [0, 0.1) is 11.3 Å². The molecule has 6 nitrogen and oxygen atoms in total. The van der Waals surface area contributed by atoms with Gasteiger partial charge >= 0.3 is 5.97 Å². The lowest BCUT2D eigenvalue weighted by atomic mass is 9.83. The summed E-state index contributed by atoms with van der Waals surface area (Å²) in [5.41, 5.74) is 8.71. The van der Waals surface area contributed by atoms with E-state index >= 15 is 0 Å². The number of nitrogens with two attached hydrogens (primary N) is 1. The lowest BCUT2D eigenvalue weighted by Crippen LogP contribution is -2.21. The number of ether oxygens (including phenoxy) is 3. The van der Waals surface area contributed by atoms with Gasteiger partial charge in [0.05, 0.1) is 5.92 Å². The van der Waals surface area contributed by atoms with Crippen LogP contribution in [0.15, 0.2) is 96.9 Å². The highest BCUT2D eigenvalue weighted by molar-refractivity contribution is 6.30. The van der Waals surface area contributed by atoms with Gasteiger partial charge in [0.25, 0.3) is 0 Å². The lowest BCUT2D eigenvalue weighted by molar-refractivity contribution is -0.128. The van der Waals surface area contributed by atoms with Gasteiger partial charge in [-0.1, -0.05) is 54.6 Å². The molecular formula is C28H21ClN2O4. The maximum absolute atomic E-state index is 12.3. The average molecular weight is 485 g/mol. The molecule has 0 saturated heterocycles. The minimum absolute atomic E-state index is 0.00600. The number of carbonyl (C=O) groups is 1. The Kier molecular flexibility index (Phi) is 7.20. The Labute approximate surface area is 208 Å². The van der Waals surface area contributed by atoms with Gasteiger partial charge in [0.1, 0.15) is 35.5 Å². The fourth-order valence-corrected chi connectivity index (χ4v) is 3.80. The van der Waals surface area contributed by atoms with E-state index in [0.717, 1.165) is 11.1 Å². The first kappa shape index (κ1) is 23.7. The topological polar surface area (TPSA) is 94.6 Å². The molecule has 0 bridgehead atoms. The van der Waals surface area contributed by atoms with Gasteiger partial charge in [0.15, 0.2) is 0 Å². The van der Waals surface area contributed by atoms with Crippen LogP contribution < -0.4 is 19.9 Å². The SMILES string of the molecule is C=CCOc1cccc(C2C(C#N)=C(N)Oc3cc(OC(=O)/C=C/c4ccc(Cl)cc4)ccc32)c1. The Morgan fingerprint density at radius 2 is 1.94 bits per heavy atom. The van der Waals surface area contributed by atoms with E-state index in [-0.39, 0.29) is 17.2 Å². The van der Waals surface area contributed by atoms with E-state index in [2.05, 4.69) is 12.6 Å². The Bertz CT molecular complexity index is 1370. The predicted octanol–water partition coefficient (Wildman–Crippen LogP) is 5.74. The highest BCUT2D eigenvalue weighted by Crippen LogP contribution is 2.44. The van der Waals surface area contributed by atoms with Crippen molar-refractivity contribution in [2.45, 2.75) is 5.92 Å². The third kappa shape index (κ3) is 5.55. The van der Waals surface area contributed by atoms with Crippen LogP contribution in [0.3, 0.4) is 0 Å². The Balaban J connectivity index is 1.59. The van der Waals surface area contributed by atoms with Crippen molar-refractivity contribution in [3.8, 4) is 23.3 Å². The van der Waals surface area contributed by atoms with E-state index in [0.29, 0.717) is 28.7 Å². The summed E-state index contributed by atoms with van der Waals surface area (Å²) >= 11 is 5.88. The lowest BCUT2D eigenvalue weighted by Gasteiger charge is -2.27. The second-order valence-electron chi connectivity index (χ2n) is 7.60. The van der Waals surface area contributed by atoms with E-state index in [1.165, 1.54) is 6.08 Å². The molecule has 0 aliphatic carbocycles. The first-order valence-electron chi connectivity index (χ1n) is 10.7. The van der Waals surface area contributed by atoms with Gasteiger partial charge in [-0.25, -0.2) is 4.79 Å². The van der Waals surface area contributed by atoms with Crippen molar-refractivity contribution in [2.75, 3.05) is 6.61 Å². The summed E-state index contributed by atoms with van der Waals surface area (Å²) in [5.74, 6) is 0.296. The van der Waals surface area contributed by atoms with Crippen molar-refractivity contribution in [1.29, 1.82) is 5.26 Å². The molecule has 0 aromatic heterocycles. The van der Waals surface area contributed by atoms with E-state index in [4.69, 9.17) is 31.5 Å². The number of esters is 1. The number of hydrogen-bond acceptors (Lipinski definition) is 6. The molecule has 4 rings (SSSR count). The van der Waals surface area contributed by atoms with Crippen molar-refractivity contribution >= 4 is 23.6 Å². The molecule has 3 aromatic carbocycles. The largest absolute Gasteiger partial charge is 0.490 e. The number of carbonyl (C=O) groups excluding carboxylic acids is 1. The van der Waals surface area contributed by atoms with Crippen LogP contribution in [0.5, 0.6) is 17.2 Å². The summed E-state index contributed by atoms with van der Waals surface area (Å²) in [5, 5.41) is 10.4. The van der Waals surface area contributed by atoms with Crippen molar-refractivity contribution in [1.82, 2.24) is 0 Å². The third-order valence-corrected chi connectivity index (χ3v) is 5.50. The van der Waals surface area contributed by atoms with Crippen LogP contribution in [-0.2, 0) is 4.79 Å². The summed E-state index contributed by atoms with van der Waals surface area (Å²) in [7, 11) is 0. The Hall–Kier alpha value is -4.47.